The van der Waals surface area contributed by atoms with Crippen molar-refractivity contribution >= 4 is 28.0 Å². The molecule has 2 N–H and O–H groups in total. The molecule has 1 aromatic heterocycles. The summed E-state index contributed by atoms with van der Waals surface area (Å²) in [6.07, 6.45) is 1.75. The molecule has 3 aromatic rings. The lowest BCUT2D eigenvalue weighted by molar-refractivity contribution is 1.02. The lowest BCUT2D eigenvalue weighted by atomic mass is 10.1. The third-order valence-corrected chi connectivity index (χ3v) is 3.77. The molecule has 3 nitrogen and oxygen atoms in total. The van der Waals surface area contributed by atoms with Gasteiger partial charge in [0.25, 0.3) is 0 Å². The normalized spacial score (nSPS) is 10.8. The van der Waals surface area contributed by atoms with Gasteiger partial charge in [-0.1, -0.05) is 36.4 Å². The van der Waals surface area contributed by atoms with Crippen LogP contribution >= 0.6 is 0 Å². The van der Waals surface area contributed by atoms with E-state index >= 15 is 0 Å². The summed E-state index contributed by atoms with van der Waals surface area (Å²) in [5, 5.41) is 1.09. The Labute approximate surface area is 125 Å². The van der Waals surface area contributed by atoms with E-state index in [1.54, 1.807) is 6.20 Å². The molecular formula is C18H19N3. The van der Waals surface area contributed by atoms with Crippen LogP contribution in [0.2, 0.25) is 0 Å². The van der Waals surface area contributed by atoms with Crippen LogP contribution in [0.5, 0.6) is 0 Å². The number of nitrogen functional groups attached to an aromatic ring is 1. The number of hydrogen-bond donors (Lipinski definition) is 1. The van der Waals surface area contributed by atoms with Gasteiger partial charge < -0.3 is 10.6 Å². The first-order valence-electron chi connectivity index (χ1n) is 7.18. The molecule has 0 unspecified atom stereocenters. The summed E-state index contributed by atoms with van der Waals surface area (Å²) in [5.41, 5.74) is 11.4. The smallest absolute Gasteiger partial charge is 0.0755 e. The molecule has 21 heavy (non-hydrogen) atoms. The molecular weight excluding hydrogens is 258 g/mol. The van der Waals surface area contributed by atoms with Crippen LogP contribution in [0.3, 0.4) is 0 Å². The van der Waals surface area contributed by atoms with E-state index in [0.717, 1.165) is 23.1 Å². The Kier molecular flexibility index (Phi) is 3.48. The van der Waals surface area contributed by atoms with E-state index in [-0.39, 0.29) is 0 Å². The molecule has 1 heterocycles. The van der Waals surface area contributed by atoms with Crippen LogP contribution in [0.4, 0.5) is 17.1 Å². The fourth-order valence-electron chi connectivity index (χ4n) is 2.76. The van der Waals surface area contributed by atoms with Crippen molar-refractivity contribution in [3.63, 3.8) is 0 Å². The van der Waals surface area contributed by atoms with Crippen molar-refractivity contribution < 1.29 is 0 Å². The van der Waals surface area contributed by atoms with Gasteiger partial charge in [-0.05, 0) is 31.5 Å². The highest BCUT2D eigenvalue weighted by Crippen LogP contribution is 2.37. The quantitative estimate of drug-likeness (QED) is 0.776. The fourth-order valence-corrected chi connectivity index (χ4v) is 2.76. The van der Waals surface area contributed by atoms with Crippen molar-refractivity contribution in [1.82, 2.24) is 4.98 Å². The standard InChI is InChI=1S/C18H19N3/c1-3-21(17-11-7-4-8-13(17)2)18-14-9-5-6-10-16(14)20-12-15(18)19/h4-12H,3,19H2,1-2H3. The number of para-hydroxylation sites is 2. The van der Waals surface area contributed by atoms with Gasteiger partial charge in [-0.3, -0.25) is 4.98 Å². The largest absolute Gasteiger partial charge is 0.396 e. The third-order valence-electron chi connectivity index (χ3n) is 3.77. The summed E-state index contributed by atoms with van der Waals surface area (Å²) < 4.78 is 0. The topological polar surface area (TPSA) is 42.1 Å². The van der Waals surface area contributed by atoms with E-state index in [9.17, 15) is 0 Å². The van der Waals surface area contributed by atoms with Crippen molar-refractivity contribution in [2.45, 2.75) is 13.8 Å². The van der Waals surface area contributed by atoms with Crippen LogP contribution in [0.25, 0.3) is 10.9 Å². The van der Waals surface area contributed by atoms with Gasteiger partial charge in [0.05, 0.1) is 23.1 Å². The predicted octanol–water partition coefficient (Wildman–Crippen LogP) is 4.28. The summed E-state index contributed by atoms with van der Waals surface area (Å²) in [5.74, 6) is 0. The van der Waals surface area contributed by atoms with E-state index in [1.807, 2.05) is 18.2 Å². The van der Waals surface area contributed by atoms with Crippen molar-refractivity contribution in [3.8, 4) is 0 Å². The minimum Gasteiger partial charge on any atom is -0.396 e. The summed E-state index contributed by atoms with van der Waals surface area (Å²) in [7, 11) is 0. The molecule has 0 aliphatic heterocycles. The number of nitrogens with zero attached hydrogens (tertiary/aromatic N) is 2. The number of rotatable bonds is 3. The number of pyridine rings is 1. The number of anilines is 3. The summed E-state index contributed by atoms with van der Waals surface area (Å²) in [6.45, 7) is 5.11. The number of hydrogen-bond acceptors (Lipinski definition) is 3. The molecule has 0 aliphatic carbocycles. The lowest BCUT2D eigenvalue weighted by Gasteiger charge is -2.27. The SMILES string of the molecule is CCN(c1ccccc1C)c1c(N)cnc2ccccc12. The van der Waals surface area contributed by atoms with Crippen LogP contribution in [-0.4, -0.2) is 11.5 Å². The Hall–Kier alpha value is -2.55. The Morgan fingerprint density at radius 1 is 1.05 bits per heavy atom. The molecule has 0 aliphatic rings. The summed E-state index contributed by atoms with van der Waals surface area (Å²) in [6, 6.07) is 16.5. The second-order valence-electron chi connectivity index (χ2n) is 5.11. The molecule has 3 heteroatoms. The number of fused-ring (bicyclic) bond motifs is 1. The molecule has 0 spiro atoms. The predicted molar refractivity (Wildman–Crippen MR) is 90.0 cm³/mol. The van der Waals surface area contributed by atoms with Crippen molar-refractivity contribution in [3.05, 3.63) is 60.3 Å². The van der Waals surface area contributed by atoms with Crippen LogP contribution in [0.15, 0.2) is 54.7 Å². The first kappa shape index (κ1) is 13.4. The highest BCUT2D eigenvalue weighted by Gasteiger charge is 2.16. The van der Waals surface area contributed by atoms with Crippen molar-refractivity contribution in [1.29, 1.82) is 0 Å². The van der Waals surface area contributed by atoms with Gasteiger partial charge in [0.1, 0.15) is 0 Å². The molecule has 0 radical (unpaired) electrons. The molecule has 2 aromatic carbocycles. The second-order valence-corrected chi connectivity index (χ2v) is 5.11. The van der Waals surface area contributed by atoms with Gasteiger partial charge in [0.15, 0.2) is 0 Å². The van der Waals surface area contributed by atoms with E-state index < -0.39 is 0 Å². The number of benzene rings is 2. The molecule has 3 rings (SSSR count). The summed E-state index contributed by atoms with van der Waals surface area (Å²) in [4.78, 5) is 6.68. The average Bonchev–Trinajstić information content (AvgIpc) is 2.51. The van der Waals surface area contributed by atoms with Crippen molar-refractivity contribution in [2.24, 2.45) is 0 Å². The maximum absolute atomic E-state index is 6.25. The highest BCUT2D eigenvalue weighted by molar-refractivity contribution is 5.99. The maximum Gasteiger partial charge on any atom is 0.0755 e. The number of aryl methyl sites for hydroxylation is 1. The average molecular weight is 277 g/mol. The number of aromatic nitrogens is 1. The van der Waals surface area contributed by atoms with Gasteiger partial charge in [-0.2, -0.15) is 0 Å². The minimum atomic E-state index is 0.707. The molecule has 0 saturated heterocycles. The van der Waals surface area contributed by atoms with Crippen LogP contribution in [-0.2, 0) is 0 Å². The first-order valence-corrected chi connectivity index (χ1v) is 7.18. The highest BCUT2D eigenvalue weighted by atomic mass is 15.1. The summed E-state index contributed by atoms with van der Waals surface area (Å²) >= 11 is 0. The zero-order valence-corrected chi connectivity index (χ0v) is 12.4. The number of nitrogens with two attached hydrogens (primary N) is 1. The van der Waals surface area contributed by atoms with Gasteiger partial charge >= 0.3 is 0 Å². The zero-order chi connectivity index (χ0) is 14.8. The van der Waals surface area contributed by atoms with Crippen LogP contribution in [0, 0.1) is 6.92 Å². The van der Waals surface area contributed by atoms with Gasteiger partial charge in [-0.15, -0.1) is 0 Å². The fraction of sp³-hybridized carbons (Fsp3) is 0.167. The van der Waals surface area contributed by atoms with Gasteiger partial charge in [-0.25, -0.2) is 0 Å². The minimum absolute atomic E-state index is 0.707. The molecule has 0 amide bonds. The first-order chi connectivity index (χ1) is 10.2. The van der Waals surface area contributed by atoms with Crippen LogP contribution < -0.4 is 10.6 Å². The third kappa shape index (κ3) is 2.31. The van der Waals surface area contributed by atoms with E-state index in [2.05, 4.69) is 54.1 Å². The van der Waals surface area contributed by atoms with E-state index in [1.165, 1.54) is 11.3 Å². The van der Waals surface area contributed by atoms with Crippen LogP contribution in [0.1, 0.15) is 12.5 Å². The Morgan fingerprint density at radius 2 is 1.76 bits per heavy atom. The zero-order valence-electron chi connectivity index (χ0n) is 12.4. The Bertz CT molecular complexity index is 780. The Morgan fingerprint density at radius 3 is 2.52 bits per heavy atom. The molecule has 106 valence electrons. The van der Waals surface area contributed by atoms with Gasteiger partial charge in [0.2, 0.25) is 0 Å². The van der Waals surface area contributed by atoms with E-state index in [4.69, 9.17) is 5.73 Å². The monoisotopic (exact) mass is 277 g/mol. The maximum atomic E-state index is 6.25. The lowest BCUT2D eigenvalue weighted by Crippen LogP contribution is -2.19. The molecule has 0 atom stereocenters. The molecule has 0 bridgehead atoms. The second kappa shape index (κ2) is 5.44. The molecule has 0 fully saturated rings. The van der Waals surface area contributed by atoms with Crippen molar-refractivity contribution in [2.75, 3.05) is 17.2 Å². The van der Waals surface area contributed by atoms with Gasteiger partial charge in [0, 0.05) is 17.6 Å². The van der Waals surface area contributed by atoms with E-state index in [0.29, 0.717) is 5.69 Å². The molecule has 0 saturated carbocycles. The Balaban J connectivity index is 2.27.